The molecule has 1 atom stereocenters. The SMILES string of the molecule is CC(=O)NC1=NCC[C@@H](c2c[nH]c3ccc(Br)cc23)N1. The first-order valence-electron chi connectivity index (χ1n) is 6.48. The van der Waals surface area contributed by atoms with Crippen molar-refractivity contribution in [1.82, 2.24) is 15.6 Å². The van der Waals surface area contributed by atoms with Crippen LogP contribution in [0.5, 0.6) is 0 Å². The lowest BCUT2D eigenvalue weighted by Crippen LogP contribution is -2.44. The van der Waals surface area contributed by atoms with Crippen LogP contribution in [0.2, 0.25) is 0 Å². The van der Waals surface area contributed by atoms with E-state index < -0.39 is 0 Å². The molecule has 2 aromatic rings. The van der Waals surface area contributed by atoms with Crippen LogP contribution in [0.3, 0.4) is 0 Å². The van der Waals surface area contributed by atoms with Crippen LogP contribution in [-0.2, 0) is 4.79 Å². The van der Waals surface area contributed by atoms with E-state index in [4.69, 9.17) is 0 Å². The minimum Gasteiger partial charge on any atom is -0.361 e. The van der Waals surface area contributed by atoms with Gasteiger partial charge in [0.1, 0.15) is 0 Å². The monoisotopic (exact) mass is 334 g/mol. The zero-order chi connectivity index (χ0) is 14.1. The summed E-state index contributed by atoms with van der Waals surface area (Å²) >= 11 is 3.50. The molecule has 3 N–H and O–H groups in total. The number of carbonyl (C=O) groups excluding carboxylic acids is 1. The molecule has 0 fully saturated rings. The number of aliphatic imine (C=N–C) groups is 1. The number of halogens is 1. The number of nitrogens with zero attached hydrogens (tertiary/aromatic N) is 1. The largest absolute Gasteiger partial charge is 0.361 e. The van der Waals surface area contributed by atoms with Gasteiger partial charge in [0.05, 0.1) is 6.04 Å². The second-order valence-electron chi connectivity index (χ2n) is 4.83. The molecule has 104 valence electrons. The Kier molecular flexibility index (Phi) is 3.48. The molecule has 6 heteroatoms. The first-order chi connectivity index (χ1) is 9.63. The lowest BCUT2D eigenvalue weighted by molar-refractivity contribution is -0.117. The predicted molar refractivity (Wildman–Crippen MR) is 82.6 cm³/mol. The number of H-pyrrole nitrogens is 1. The summed E-state index contributed by atoms with van der Waals surface area (Å²) in [5.74, 6) is 0.441. The van der Waals surface area contributed by atoms with Gasteiger partial charge in [-0.25, -0.2) is 0 Å². The number of aromatic amines is 1. The maximum absolute atomic E-state index is 11.1. The standard InChI is InChI=1S/C14H15BrN4O/c1-8(20)18-14-16-5-4-13(19-14)11-7-17-12-3-2-9(15)6-10(11)12/h2-3,6-7,13,17H,4-5H2,1H3,(H2,16,18,19,20)/t13-/m0/s1. The fourth-order valence-corrected chi connectivity index (χ4v) is 2.83. The highest BCUT2D eigenvalue weighted by Gasteiger charge is 2.20. The van der Waals surface area contributed by atoms with Crippen molar-refractivity contribution in [2.45, 2.75) is 19.4 Å². The molecule has 5 nitrogen and oxygen atoms in total. The Morgan fingerprint density at radius 3 is 3.15 bits per heavy atom. The molecule has 1 amide bonds. The van der Waals surface area contributed by atoms with Crippen molar-refractivity contribution < 1.29 is 4.79 Å². The van der Waals surface area contributed by atoms with E-state index in [0.29, 0.717) is 12.5 Å². The van der Waals surface area contributed by atoms with Gasteiger partial charge < -0.3 is 10.3 Å². The Bertz CT molecular complexity index is 692. The first kappa shape index (κ1) is 13.2. The third-order valence-corrected chi connectivity index (χ3v) is 3.84. The smallest absolute Gasteiger partial charge is 0.223 e. The molecule has 0 bridgehead atoms. The summed E-state index contributed by atoms with van der Waals surface area (Å²) in [5.41, 5.74) is 2.30. The summed E-state index contributed by atoms with van der Waals surface area (Å²) in [7, 11) is 0. The van der Waals surface area contributed by atoms with Crippen LogP contribution in [-0.4, -0.2) is 23.4 Å². The van der Waals surface area contributed by atoms with Crippen LogP contribution < -0.4 is 10.6 Å². The molecule has 3 rings (SSSR count). The van der Waals surface area contributed by atoms with E-state index in [2.05, 4.69) is 48.7 Å². The van der Waals surface area contributed by atoms with Gasteiger partial charge in [-0.1, -0.05) is 15.9 Å². The van der Waals surface area contributed by atoms with Crippen molar-refractivity contribution in [2.75, 3.05) is 6.54 Å². The molecule has 2 heterocycles. The Hall–Kier alpha value is -1.82. The summed E-state index contributed by atoms with van der Waals surface area (Å²) < 4.78 is 1.05. The van der Waals surface area contributed by atoms with Gasteiger partial charge >= 0.3 is 0 Å². The van der Waals surface area contributed by atoms with Crippen molar-refractivity contribution in [3.8, 4) is 0 Å². The quantitative estimate of drug-likeness (QED) is 0.749. The Balaban J connectivity index is 1.90. The van der Waals surface area contributed by atoms with Gasteiger partial charge in [-0.15, -0.1) is 0 Å². The number of nitrogens with one attached hydrogen (secondary N) is 3. The molecule has 20 heavy (non-hydrogen) atoms. The number of carbonyl (C=O) groups is 1. The number of hydrogen-bond donors (Lipinski definition) is 3. The number of benzene rings is 1. The number of amides is 1. The van der Waals surface area contributed by atoms with Gasteiger partial charge in [0.15, 0.2) is 5.96 Å². The summed E-state index contributed by atoms with van der Waals surface area (Å²) in [6.45, 7) is 2.19. The van der Waals surface area contributed by atoms with Crippen LogP contribution in [0.15, 0.2) is 33.9 Å². The second-order valence-corrected chi connectivity index (χ2v) is 5.75. The highest BCUT2D eigenvalue weighted by atomic mass is 79.9. The summed E-state index contributed by atoms with van der Waals surface area (Å²) in [6, 6.07) is 6.32. The van der Waals surface area contributed by atoms with E-state index >= 15 is 0 Å². The topological polar surface area (TPSA) is 69.3 Å². The third kappa shape index (κ3) is 2.56. The molecule has 0 radical (unpaired) electrons. The van der Waals surface area contributed by atoms with Crippen LogP contribution in [0.1, 0.15) is 24.9 Å². The van der Waals surface area contributed by atoms with E-state index in [1.54, 1.807) is 0 Å². The first-order valence-corrected chi connectivity index (χ1v) is 7.28. The predicted octanol–water partition coefficient (Wildman–Crippen LogP) is 2.46. The van der Waals surface area contributed by atoms with Crippen LogP contribution in [0.4, 0.5) is 0 Å². The molecular formula is C14H15BrN4O. The molecule has 1 aromatic carbocycles. The molecule has 1 aromatic heterocycles. The van der Waals surface area contributed by atoms with Crippen molar-refractivity contribution >= 4 is 38.7 Å². The normalized spacial score (nSPS) is 18.5. The van der Waals surface area contributed by atoms with Crippen LogP contribution in [0.25, 0.3) is 10.9 Å². The highest BCUT2D eigenvalue weighted by Crippen LogP contribution is 2.29. The molecule has 1 aliphatic heterocycles. The Morgan fingerprint density at radius 2 is 2.35 bits per heavy atom. The van der Waals surface area contributed by atoms with E-state index in [-0.39, 0.29) is 11.9 Å². The fraction of sp³-hybridized carbons (Fsp3) is 0.286. The minimum atomic E-state index is -0.112. The van der Waals surface area contributed by atoms with Crippen LogP contribution in [0, 0.1) is 0 Å². The average Bonchev–Trinajstić information content (AvgIpc) is 2.81. The van der Waals surface area contributed by atoms with Crippen molar-refractivity contribution in [3.63, 3.8) is 0 Å². The summed E-state index contributed by atoms with van der Waals surface area (Å²) in [5, 5.41) is 7.18. The lowest BCUT2D eigenvalue weighted by atomic mass is 10.0. The van der Waals surface area contributed by atoms with Gasteiger partial charge in [-0.3, -0.25) is 15.1 Å². The van der Waals surface area contributed by atoms with Gasteiger partial charge in [-0.2, -0.15) is 0 Å². The van der Waals surface area contributed by atoms with E-state index in [9.17, 15) is 4.79 Å². The maximum Gasteiger partial charge on any atom is 0.223 e. The number of fused-ring (bicyclic) bond motifs is 1. The number of guanidine groups is 1. The molecule has 0 aliphatic carbocycles. The fourth-order valence-electron chi connectivity index (χ4n) is 2.47. The minimum absolute atomic E-state index is 0.112. The van der Waals surface area contributed by atoms with Crippen molar-refractivity contribution in [3.05, 3.63) is 34.4 Å². The van der Waals surface area contributed by atoms with Crippen molar-refractivity contribution in [2.24, 2.45) is 4.99 Å². The molecule has 0 saturated carbocycles. The molecular weight excluding hydrogens is 320 g/mol. The number of aromatic nitrogens is 1. The Labute approximate surface area is 125 Å². The molecule has 1 aliphatic rings. The van der Waals surface area contributed by atoms with E-state index in [1.807, 2.05) is 12.3 Å². The highest BCUT2D eigenvalue weighted by molar-refractivity contribution is 9.10. The molecule has 0 spiro atoms. The lowest BCUT2D eigenvalue weighted by Gasteiger charge is -2.24. The zero-order valence-electron chi connectivity index (χ0n) is 11.0. The average molecular weight is 335 g/mol. The van der Waals surface area contributed by atoms with Crippen molar-refractivity contribution in [1.29, 1.82) is 0 Å². The van der Waals surface area contributed by atoms with E-state index in [0.717, 1.165) is 16.4 Å². The number of hydrogen-bond acceptors (Lipinski definition) is 3. The van der Waals surface area contributed by atoms with Crippen LogP contribution >= 0.6 is 15.9 Å². The second kappa shape index (κ2) is 5.28. The molecule has 0 unspecified atom stereocenters. The zero-order valence-corrected chi connectivity index (χ0v) is 12.6. The van der Waals surface area contributed by atoms with Gasteiger partial charge in [0, 0.05) is 35.0 Å². The summed E-state index contributed by atoms with van der Waals surface area (Å²) in [4.78, 5) is 18.7. The summed E-state index contributed by atoms with van der Waals surface area (Å²) in [6.07, 6.45) is 2.92. The van der Waals surface area contributed by atoms with Gasteiger partial charge in [0.25, 0.3) is 0 Å². The van der Waals surface area contributed by atoms with Gasteiger partial charge in [0.2, 0.25) is 5.91 Å². The molecule has 0 saturated heterocycles. The number of rotatable bonds is 1. The van der Waals surface area contributed by atoms with Gasteiger partial charge in [-0.05, 0) is 30.2 Å². The third-order valence-electron chi connectivity index (χ3n) is 3.34. The van der Waals surface area contributed by atoms with E-state index in [1.165, 1.54) is 17.9 Å². The maximum atomic E-state index is 11.1. The Morgan fingerprint density at radius 1 is 1.50 bits per heavy atom.